The van der Waals surface area contributed by atoms with E-state index in [1.165, 1.54) is 30.7 Å². The maximum Gasteiger partial charge on any atom is 0.244 e. The monoisotopic (exact) mass is 496 g/mol. The first-order valence-electron chi connectivity index (χ1n) is 11.1. The van der Waals surface area contributed by atoms with E-state index in [0.717, 1.165) is 22.4 Å². The van der Waals surface area contributed by atoms with Crippen molar-refractivity contribution in [2.24, 2.45) is 0 Å². The predicted molar refractivity (Wildman–Crippen MR) is 131 cm³/mol. The Labute approximate surface area is 205 Å². The predicted octanol–water partition coefficient (Wildman–Crippen LogP) is 3.14. The lowest BCUT2D eigenvalue weighted by Crippen LogP contribution is -2.52. The summed E-state index contributed by atoms with van der Waals surface area (Å²) in [5.74, 6) is 1.08. The highest BCUT2D eigenvalue weighted by Crippen LogP contribution is 2.34. The zero-order valence-electron chi connectivity index (χ0n) is 19.9. The molecule has 0 bridgehead atoms. The average Bonchev–Trinajstić information content (AvgIpc) is 2.90. The minimum absolute atomic E-state index is 0.0301. The van der Waals surface area contributed by atoms with Crippen LogP contribution in [-0.4, -0.2) is 46.0 Å². The first-order valence-corrected chi connectivity index (χ1v) is 12.5. The van der Waals surface area contributed by atoms with Gasteiger partial charge in [-0.1, -0.05) is 36.4 Å². The van der Waals surface area contributed by atoms with Gasteiger partial charge in [-0.2, -0.15) is 4.31 Å². The summed E-state index contributed by atoms with van der Waals surface area (Å²) >= 11 is 0. The Kier molecular flexibility index (Phi) is 7.28. The fraction of sp³-hybridized carbons (Fsp3) is 0.269. The van der Waals surface area contributed by atoms with E-state index >= 15 is 0 Å². The molecule has 4 rings (SSSR count). The Balaban J connectivity index is 1.64. The lowest BCUT2D eigenvalue weighted by atomic mass is 9.95. The first-order chi connectivity index (χ1) is 16.9. The van der Waals surface area contributed by atoms with Crippen LogP contribution in [0.1, 0.15) is 16.7 Å². The van der Waals surface area contributed by atoms with Crippen LogP contribution in [0.25, 0.3) is 0 Å². The van der Waals surface area contributed by atoms with Crippen molar-refractivity contribution in [3.63, 3.8) is 0 Å². The van der Waals surface area contributed by atoms with Crippen molar-refractivity contribution >= 4 is 15.9 Å². The van der Waals surface area contributed by atoms with Crippen molar-refractivity contribution in [3.05, 3.63) is 83.4 Å². The lowest BCUT2D eigenvalue weighted by Gasteiger charge is -2.35. The van der Waals surface area contributed by atoms with Gasteiger partial charge in [-0.15, -0.1) is 0 Å². The SMILES string of the molecule is COc1ccc(CNC(=O)[C@@H]2Cc3ccccc3CN2S(=O)(=O)c2ccc(OC)c(OC)c2)cc1. The Hall–Kier alpha value is -3.56. The molecule has 8 nitrogen and oxygen atoms in total. The topological polar surface area (TPSA) is 94.2 Å². The zero-order chi connectivity index (χ0) is 25.0. The molecule has 9 heteroatoms. The van der Waals surface area contributed by atoms with Gasteiger partial charge in [-0.05, 0) is 47.4 Å². The van der Waals surface area contributed by atoms with Crippen LogP contribution in [0.15, 0.2) is 71.6 Å². The largest absolute Gasteiger partial charge is 0.497 e. The summed E-state index contributed by atoms with van der Waals surface area (Å²) in [4.78, 5) is 13.4. The molecule has 1 amide bonds. The molecule has 3 aromatic rings. The smallest absolute Gasteiger partial charge is 0.244 e. The normalized spacial score (nSPS) is 15.7. The molecule has 0 aromatic heterocycles. The Morgan fingerprint density at radius 3 is 2.26 bits per heavy atom. The highest BCUT2D eigenvalue weighted by atomic mass is 32.2. The van der Waals surface area contributed by atoms with Gasteiger partial charge in [0.1, 0.15) is 11.8 Å². The van der Waals surface area contributed by atoms with Gasteiger partial charge in [-0.3, -0.25) is 4.79 Å². The molecule has 0 aliphatic carbocycles. The summed E-state index contributed by atoms with van der Waals surface area (Å²) in [6.07, 6.45) is 0.275. The van der Waals surface area contributed by atoms with Crippen LogP contribution in [0.4, 0.5) is 0 Å². The molecular formula is C26H28N2O6S. The van der Waals surface area contributed by atoms with E-state index in [9.17, 15) is 13.2 Å². The van der Waals surface area contributed by atoms with Crippen LogP contribution in [0, 0.1) is 0 Å². The number of nitrogens with zero attached hydrogens (tertiary/aromatic N) is 1. The summed E-state index contributed by atoms with van der Waals surface area (Å²) < 4.78 is 44.5. The number of fused-ring (bicyclic) bond motifs is 1. The van der Waals surface area contributed by atoms with E-state index in [4.69, 9.17) is 14.2 Å². The quantitative estimate of drug-likeness (QED) is 0.515. The van der Waals surface area contributed by atoms with Gasteiger partial charge in [0.15, 0.2) is 11.5 Å². The van der Waals surface area contributed by atoms with Crippen molar-refractivity contribution in [1.29, 1.82) is 0 Å². The molecule has 35 heavy (non-hydrogen) atoms. The van der Waals surface area contributed by atoms with Crippen LogP contribution >= 0.6 is 0 Å². The molecule has 0 saturated heterocycles. The van der Waals surface area contributed by atoms with Crippen molar-refractivity contribution in [3.8, 4) is 17.2 Å². The number of carbonyl (C=O) groups excluding carboxylic acids is 1. The Morgan fingerprint density at radius 1 is 0.914 bits per heavy atom. The number of amides is 1. The van der Waals surface area contributed by atoms with Gasteiger partial charge >= 0.3 is 0 Å². The maximum absolute atomic E-state index is 13.8. The molecule has 1 heterocycles. The van der Waals surface area contributed by atoms with Crippen molar-refractivity contribution in [2.45, 2.75) is 30.4 Å². The molecule has 1 aliphatic heterocycles. The Bertz CT molecular complexity index is 1310. The number of ether oxygens (including phenoxy) is 3. The third-order valence-corrected chi connectivity index (χ3v) is 7.95. The highest BCUT2D eigenvalue weighted by Gasteiger charge is 2.39. The number of methoxy groups -OCH3 is 3. The van der Waals surface area contributed by atoms with Crippen molar-refractivity contribution in [2.75, 3.05) is 21.3 Å². The van der Waals surface area contributed by atoms with Crippen molar-refractivity contribution in [1.82, 2.24) is 9.62 Å². The van der Waals surface area contributed by atoms with E-state index in [1.54, 1.807) is 13.2 Å². The molecule has 1 N–H and O–H groups in total. The summed E-state index contributed by atoms with van der Waals surface area (Å²) in [6, 6.07) is 18.4. The van der Waals surface area contributed by atoms with Gasteiger partial charge in [0, 0.05) is 19.2 Å². The minimum Gasteiger partial charge on any atom is -0.497 e. The summed E-state index contributed by atoms with van der Waals surface area (Å²) in [6.45, 7) is 0.360. The second-order valence-corrected chi connectivity index (χ2v) is 10.0. The van der Waals surface area contributed by atoms with Gasteiger partial charge in [0.05, 0.1) is 26.2 Å². The molecule has 0 saturated carbocycles. The second kappa shape index (κ2) is 10.4. The van der Waals surface area contributed by atoms with Crippen LogP contribution in [0.2, 0.25) is 0 Å². The summed E-state index contributed by atoms with van der Waals surface area (Å²) in [5, 5.41) is 2.90. The van der Waals surface area contributed by atoms with Gasteiger partial charge in [-0.25, -0.2) is 8.42 Å². The molecule has 184 valence electrons. The van der Waals surface area contributed by atoms with Crippen LogP contribution in [-0.2, 0) is 34.3 Å². The van der Waals surface area contributed by atoms with Crippen LogP contribution in [0.5, 0.6) is 17.2 Å². The number of hydrogen-bond donors (Lipinski definition) is 1. The van der Waals surface area contributed by atoms with Gasteiger partial charge in [0.2, 0.25) is 15.9 Å². The summed E-state index contributed by atoms with van der Waals surface area (Å²) in [5.41, 5.74) is 2.70. The average molecular weight is 497 g/mol. The number of hydrogen-bond acceptors (Lipinski definition) is 6. The van der Waals surface area contributed by atoms with Crippen molar-refractivity contribution < 1.29 is 27.4 Å². The van der Waals surface area contributed by atoms with E-state index < -0.39 is 16.1 Å². The van der Waals surface area contributed by atoms with Crippen LogP contribution < -0.4 is 19.5 Å². The number of rotatable bonds is 8. The number of nitrogens with one attached hydrogen (secondary N) is 1. The molecule has 0 radical (unpaired) electrons. The Morgan fingerprint density at radius 2 is 1.60 bits per heavy atom. The van der Waals surface area contributed by atoms with E-state index in [1.807, 2.05) is 48.5 Å². The van der Waals surface area contributed by atoms with E-state index in [2.05, 4.69) is 5.32 Å². The molecule has 0 fully saturated rings. The molecule has 0 unspecified atom stereocenters. The molecule has 0 spiro atoms. The number of benzene rings is 3. The van der Waals surface area contributed by atoms with Crippen LogP contribution in [0.3, 0.4) is 0 Å². The molecule has 1 atom stereocenters. The molecule has 3 aromatic carbocycles. The summed E-state index contributed by atoms with van der Waals surface area (Å²) in [7, 11) is 0.489. The fourth-order valence-corrected chi connectivity index (χ4v) is 5.72. The number of carbonyl (C=O) groups is 1. The van der Waals surface area contributed by atoms with E-state index in [-0.39, 0.29) is 30.3 Å². The fourth-order valence-electron chi connectivity index (χ4n) is 4.14. The highest BCUT2D eigenvalue weighted by molar-refractivity contribution is 7.89. The number of sulfonamides is 1. The minimum atomic E-state index is -4.03. The molecule has 1 aliphatic rings. The van der Waals surface area contributed by atoms with Gasteiger partial charge in [0.25, 0.3) is 0 Å². The first kappa shape index (κ1) is 24.6. The lowest BCUT2D eigenvalue weighted by molar-refractivity contribution is -0.125. The maximum atomic E-state index is 13.8. The second-order valence-electron chi connectivity index (χ2n) is 8.12. The zero-order valence-corrected chi connectivity index (χ0v) is 20.7. The van der Waals surface area contributed by atoms with Gasteiger partial charge < -0.3 is 19.5 Å². The standard InChI is InChI=1S/C26H28N2O6S/c1-32-21-10-8-18(9-11-21)16-27-26(29)23-14-19-6-4-5-7-20(19)17-28(23)35(30,31)22-12-13-24(33-2)25(15-22)34-3/h4-13,15,23H,14,16-17H2,1-3H3,(H,27,29)/t23-/m0/s1. The van der Waals surface area contributed by atoms with E-state index in [0.29, 0.717) is 11.5 Å². The third kappa shape index (κ3) is 5.11. The molecular weight excluding hydrogens is 468 g/mol. The third-order valence-electron chi connectivity index (χ3n) is 6.10.